The summed E-state index contributed by atoms with van der Waals surface area (Å²) in [5.74, 6) is 1.12. The zero-order chi connectivity index (χ0) is 18.4. The molecule has 0 spiro atoms. The normalized spacial score (nSPS) is 10.6. The highest BCUT2D eigenvalue weighted by molar-refractivity contribution is 6.39. The first kappa shape index (κ1) is 19.4. The molecule has 0 aliphatic heterocycles. The van der Waals surface area contributed by atoms with E-state index in [4.69, 9.17) is 32.7 Å². The number of amides is 1. The molecule has 0 unspecified atom stereocenters. The molecule has 2 aromatic rings. The smallest absolute Gasteiger partial charge is 0.238 e. The van der Waals surface area contributed by atoms with E-state index in [1.807, 2.05) is 30.1 Å². The molecule has 25 heavy (non-hydrogen) atoms. The van der Waals surface area contributed by atoms with Gasteiger partial charge in [0.2, 0.25) is 5.91 Å². The molecule has 5 nitrogen and oxygen atoms in total. The van der Waals surface area contributed by atoms with Crippen molar-refractivity contribution in [1.29, 1.82) is 0 Å². The number of ether oxygens (including phenoxy) is 2. The van der Waals surface area contributed by atoms with Crippen molar-refractivity contribution < 1.29 is 14.3 Å². The number of likely N-dealkylation sites (N-methyl/N-ethyl adjacent to an activating group) is 1. The summed E-state index contributed by atoms with van der Waals surface area (Å²) >= 11 is 12.1. The molecule has 0 saturated heterocycles. The van der Waals surface area contributed by atoms with Crippen LogP contribution in [0.5, 0.6) is 11.5 Å². The lowest BCUT2D eigenvalue weighted by molar-refractivity contribution is -0.117. The van der Waals surface area contributed by atoms with Crippen LogP contribution in [0.1, 0.15) is 5.56 Å². The van der Waals surface area contributed by atoms with Gasteiger partial charge < -0.3 is 14.8 Å². The van der Waals surface area contributed by atoms with E-state index in [-0.39, 0.29) is 12.5 Å². The molecule has 134 valence electrons. The number of halogens is 2. The maximum Gasteiger partial charge on any atom is 0.238 e. The fourth-order valence-corrected chi connectivity index (χ4v) is 2.88. The fraction of sp³-hybridized carbons (Fsp3) is 0.278. The Morgan fingerprint density at radius 2 is 1.72 bits per heavy atom. The number of para-hydroxylation sites is 1. The maximum absolute atomic E-state index is 12.2. The highest BCUT2D eigenvalue weighted by atomic mass is 35.5. The van der Waals surface area contributed by atoms with Crippen molar-refractivity contribution in [2.24, 2.45) is 0 Å². The van der Waals surface area contributed by atoms with Gasteiger partial charge in [0.1, 0.15) is 0 Å². The largest absolute Gasteiger partial charge is 0.493 e. The van der Waals surface area contributed by atoms with E-state index in [2.05, 4.69) is 5.32 Å². The SMILES string of the molecule is COc1ccc(CN(C)CC(=O)Nc2c(Cl)cccc2Cl)cc1OC. The first-order valence-corrected chi connectivity index (χ1v) is 8.33. The number of hydrogen-bond donors (Lipinski definition) is 1. The predicted molar refractivity (Wildman–Crippen MR) is 101 cm³/mol. The Hall–Kier alpha value is -1.95. The minimum absolute atomic E-state index is 0.190. The van der Waals surface area contributed by atoms with Gasteiger partial charge in [-0.25, -0.2) is 0 Å². The predicted octanol–water partition coefficient (Wildman–Crippen LogP) is 4.08. The summed E-state index contributed by atoms with van der Waals surface area (Å²) in [6, 6.07) is 10.7. The number of nitrogens with zero attached hydrogens (tertiary/aromatic N) is 1. The molecule has 0 heterocycles. The van der Waals surface area contributed by atoms with Gasteiger partial charge in [-0.2, -0.15) is 0 Å². The van der Waals surface area contributed by atoms with Crippen LogP contribution < -0.4 is 14.8 Å². The van der Waals surface area contributed by atoms with Gasteiger partial charge >= 0.3 is 0 Å². The first-order valence-electron chi connectivity index (χ1n) is 7.58. The number of nitrogens with one attached hydrogen (secondary N) is 1. The Labute approximate surface area is 157 Å². The fourth-order valence-electron chi connectivity index (χ4n) is 2.39. The summed E-state index contributed by atoms with van der Waals surface area (Å²) in [6.07, 6.45) is 0. The molecule has 7 heteroatoms. The van der Waals surface area contributed by atoms with E-state index < -0.39 is 0 Å². The molecule has 0 aromatic heterocycles. The highest BCUT2D eigenvalue weighted by Gasteiger charge is 2.13. The van der Waals surface area contributed by atoms with Gasteiger partial charge in [-0.15, -0.1) is 0 Å². The lowest BCUT2D eigenvalue weighted by Crippen LogP contribution is -2.30. The van der Waals surface area contributed by atoms with Crippen molar-refractivity contribution in [1.82, 2.24) is 4.90 Å². The quantitative estimate of drug-likeness (QED) is 0.783. The molecule has 0 aliphatic carbocycles. The van der Waals surface area contributed by atoms with Crippen molar-refractivity contribution in [3.63, 3.8) is 0 Å². The van der Waals surface area contributed by atoms with Gasteiger partial charge in [-0.1, -0.05) is 35.3 Å². The van der Waals surface area contributed by atoms with E-state index >= 15 is 0 Å². The zero-order valence-electron chi connectivity index (χ0n) is 14.3. The Morgan fingerprint density at radius 3 is 2.32 bits per heavy atom. The molecule has 1 amide bonds. The van der Waals surface area contributed by atoms with Crippen molar-refractivity contribution in [3.05, 3.63) is 52.0 Å². The third-order valence-electron chi connectivity index (χ3n) is 3.54. The maximum atomic E-state index is 12.2. The molecule has 0 saturated carbocycles. The van der Waals surface area contributed by atoms with Gasteiger partial charge in [-0.3, -0.25) is 9.69 Å². The molecule has 0 atom stereocenters. The summed E-state index contributed by atoms with van der Waals surface area (Å²) in [5.41, 5.74) is 1.43. The van der Waals surface area contributed by atoms with Gasteiger partial charge in [0.15, 0.2) is 11.5 Å². The average molecular weight is 383 g/mol. The van der Waals surface area contributed by atoms with Gasteiger partial charge in [0.25, 0.3) is 0 Å². The summed E-state index contributed by atoms with van der Waals surface area (Å²) in [6.45, 7) is 0.764. The van der Waals surface area contributed by atoms with Gasteiger partial charge in [0, 0.05) is 6.54 Å². The second-order valence-electron chi connectivity index (χ2n) is 5.51. The van der Waals surface area contributed by atoms with Crippen molar-refractivity contribution in [2.75, 3.05) is 33.1 Å². The van der Waals surface area contributed by atoms with Crippen LogP contribution in [0.15, 0.2) is 36.4 Å². The Bertz CT molecular complexity index is 733. The Kier molecular flexibility index (Phi) is 6.93. The van der Waals surface area contributed by atoms with Crippen molar-refractivity contribution in [2.45, 2.75) is 6.54 Å². The number of carbonyl (C=O) groups is 1. The number of benzene rings is 2. The lowest BCUT2D eigenvalue weighted by Gasteiger charge is -2.18. The van der Waals surface area contributed by atoms with E-state index in [0.717, 1.165) is 5.56 Å². The van der Waals surface area contributed by atoms with Gasteiger partial charge in [0.05, 0.1) is 36.5 Å². The second kappa shape index (κ2) is 8.94. The number of hydrogen-bond acceptors (Lipinski definition) is 4. The second-order valence-corrected chi connectivity index (χ2v) is 6.32. The molecule has 2 aromatic carbocycles. The molecule has 0 bridgehead atoms. The highest BCUT2D eigenvalue weighted by Crippen LogP contribution is 2.30. The first-order chi connectivity index (χ1) is 11.9. The third kappa shape index (κ3) is 5.26. The van der Waals surface area contributed by atoms with Crippen LogP contribution in [0.2, 0.25) is 10.0 Å². The number of anilines is 1. The van der Waals surface area contributed by atoms with E-state index in [0.29, 0.717) is 33.8 Å². The van der Waals surface area contributed by atoms with Crippen LogP contribution in [0.3, 0.4) is 0 Å². The molecule has 0 radical (unpaired) electrons. The molecule has 2 rings (SSSR count). The third-order valence-corrected chi connectivity index (χ3v) is 4.17. The van der Waals surface area contributed by atoms with Crippen molar-refractivity contribution >= 4 is 34.8 Å². The van der Waals surface area contributed by atoms with E-state index in [1.165, 1.54) is 0 Å². The number of rotatable bonds is 7. The Balaban J connectivity index is 1.98. The van der Waals surface area contributed by atoms with Crippen LogP contribution in [0.4, 0.5) is 5.69 Å². The van der Waals surface area contributed by atoms with Crippen LogP contribution in [0.25, 0.3) is 0 Å². The van der Waals surface area contributed by atoms with Gasteiger partial charge in [-0.05, 0) is 36.9 Å². The van der Waals surface area contributed by atoms with E-state index in [9.17, 15) is 4.79 Å². The lowest BCUT2D eigenvalue weighted by atomic mass is 10.2. The summed E-state index contributed by atoms with van der Waals surface area (Å²) in [7, 11) is 5.03. The zero-order valence-corrected chi connectivity index (χ0v) is 15.8. The standard InChI is InChI=1S/C18H20Cl2N2O3/c1-22(10-12-7-8-15(24-2)16(9-12)25-3)11-17(23)21-18-13(19)5-4-6-14(18)20/h4-9H,10-11H2,1-3H3,(H,21,23). The molecule has 0 aliphatic rings. The van der Waals surface area contributed by atoms with Crippen molar-refractivity contribution in [3.8, 4) is 11.5 Å². The monoisotopic (exact) mass is 382 g/mol. The van der Waals surface area contributed by atoms with Crippen LogP contribution in [-0.2, 0) is 11.3 Å². The number of carbonyl (C=O) groups excluding carboxylic acids is 1. The van der Waals surface area contributed by atoms with Crippen LogP contribution in [-0.4, -0.2) is 38.6 Å². The minimum atomic E-state index is -0.196. The molecular weight excluding hydrogens is 363 g/mol. The van der Waals surface area contributed by atoms with Crippen LogP contribution in [0, 0.1) is 0 Å². The molecular formula is C18H20Cl2N2O3. The summed E-state index contributed by atoms with van der Waals surface area (Å²) < 4.78 is 10.5. The molecule has 1 N–H and O–H groups in total. The average Bonchev–Trinajstić information content (AvgIpc) is 2.58. The summed E-state index contributed by atoms with van der Waals surface area (Å²) in [4.78, 5) is 14.1. The summed E-state index contributed by atoms with van der Waals surface area (Å²) in [5, 5.41) is 3.56. The van der Waals surface area contributed by atoms with E-state index in [1.54, 1.807) is 32.4 Å². The Morgan fingerprint density at radius 1 is 1.08 bits per heavy atom. The van der Waals surface area contributed by atoms with Crippen LogP contribution >= 0.6 is 23.2 Å². The topological polar surface area (TPSA) is 50.8 Å². The minimum Gasteiger partial charge on any atom is -0.493 e. The number of methoxy groups -OCH3 is 2. The molecule has 0 fully saturated rings.